The summed E-state index contributed by atoms with van der Waals surface area (Å²) in [5, 5.41) is 0. The standard InChI is InChI=1S/C16H31O10P/c1-9-13(20-4)15(22-6)12(25-9)8-23-27(17,18)26-16-11(7-19-3)24-10(2)14(16)21-5/h9-16H,7-8H2,1-6H3,(H,17,18)/p-1/t9-,10-,11+,12+,13?,14?,15-,16-/m0/s1. The zero-order valence-electron chi connectivity index (χ0n) is 16.6. The van der Waals surface area contributed by atoms with Crippen LogP contribution in [0.25, 0.3) is 0 Å². The predicted octanol–water partition coefficient (Wildman–Crippen LogP) is 0.123. The number of phosphoric ester groups is 1. The van der Waals surface area contributed by atoms with Crippen molar-refractivity contribution in [3.05, 3.63) is 0 Å². The first-order valence-corrected chi connectivity index (χ1v) is 10.3. The van der Waals surface area contributed by atoms with Gasteiger partial charge in [0.2, 0.25) is 0 Å². The van der Waals surface area contributed by atoms with Crippen molar-refractivity contribution in [2.24, 2.45) is 0 Å². The predicted molar refractivity (Wildman–Crippen MR) is 91.4 cm³/mol. The third-order valence-electron chi connectivity index (χ3n) is 4.88. The fourth-order valence-electron chi connectivity index (χ4n) is 3.66. The molecule has 0 bridgehead atoms. The van der Waals surface area contributed by atoms with E-state index in [1.807, 2.05) is 6.92 Å². The molecule has 11 heteroatoms. The van der Waals surface area contributed by atoms with Crippen molar-refractivity contribution in [2.45, 2.75) is 62.7 Å². The molecule has 27 heavy (non-hydrogen) atoms. The van der Waals surface area contributed by atoms with Gasteiger partial charge < -0.3 is 42.4 Å². The van der Waals surface area contributed by atoms with E-state index < -0.39 is 38.3 Å². The summed E-state index contributed by atoms with van der Waals surface area (Å²) in [6.45, 7) is 3.51. The number of ether oxygens (including phenoxy) is 6. The average Bonchev–Trinajstić information content (AvgIpc) is 3.08. The average molecular weight is 413 g/mol. The molecule has 0 saturated carbocycles. The highest BCUT2D eigenvalue weighted by Crippen LogP contribution is 2.44. The Kier molecular flexibility index (Phi) is 8.63. The second-order valence-electron chi connectivity index (χ2n) is 6.63. The van der Waals surface area contributed by atoms with Crippen molar-refractivity contribution in [2.75, 3.05) is 41.7 Å². The van der Waals surface area contributed by atoms with Gasteiger partial charge >= 0.3 is 0 Å². The third-order valence-corrected chi connectivity index (χ3v) is 5.85. The molecular weight excluding hydrogens is 383 g/mol. The van der Waals surface area contributed by atoms with E-state index in [4.69, 9.17) is 37.5 Å². The Morgan fingerprint density at radius 1 is 0.815 bits per heavy atom. The minimum absolute atomic E-state index is 0.166. The van der Waals surface area contributed by atoms with E-state index in [2.05, 4.69) is 0 Å². The highest BCUT2D eigenvalue weighted by Gasteiger charge is 2.46. The van der Waals surface area contributed by atoms with Gasteiger partial charge in [-0.2, -0.15) is 0 Å². The Labute approximate surface area is 159 Å². The molecule has 3 unspecified atom stereocenters. The second-order valence-corrected chi connectivity index (χ2v) is 7.99. The van der Waals surface area contributed by atoms with Gasteiger partial charge in [0.05, 0.1) is 25.4 Å². The molecule has 0 aliphatic carbocycles. The zero-order valence-corrected chi connectivity index (χ0v) is 17.5. The van der Waals surface area contributed by atoms with Crippen LogP contribution in [0.15, 0.2) is 0 Å². The van der Waals surface area contributed by atoms with Crippen LogP contribution in [0.4, 0.5) is 0 Å². The molecular formula is C16H30O10P-. The van der Waals surface area contributed by atoms with Crippen LogP contribution >= 0.6 is 7.82 Å². The molecule has 2 aliphatic rings. The lowest BCUT2D eigenvalue weighted by molar-refractivity contribution is -0.236. The molecule has 0 aromatic carbocycles. The van der Waals surface area contributed by atoms with Gasteiger partial charge in [0.15, 0.2) is 0 Å². The first-order valence-electron chi connectivity index (χ1n) is 8.80. The lowest BCUT2D eigenvalue weighted by Crippen LogP contribution is -2.39. The SMILES string of the molecule is COC[C@H]1O[C@@H](C)C(OC)[C@H]1OP(=O)([O-])OC[C@H]1O[C@@H](C)C(OC)[C@H]1OC. The maximum absolute atomic E-state index is 12.4. The Morgan fingerprint density at radius 3 is 1.78 bits per heavy atom. The lowest BCUT2D eigenvalue weighted by atomic mass is 10.1. The number of methoxy groups -OCH3 is 4. The summed E-state index contributed by atoms with van der Waals surface area (Å²) in [7, 11) is 1.36. The first-order chi connectivity index (χ1) is 12.8. The maximum atomic E-state index is 12.4. The molecule has 2 rings (SSSR count). The van der Waals surface area contributed by atoms with Crippen molar-refractivity contribution < 1.29 is 46.9 Å². The van der Waals surface area contributed by atoms with Gasteiger partial charge in [-0.25, -0.2) is 0 Å². The largest absolute Gasteiger partial charge is 0.756 e. The Morgan fingerprint density at radius 2 is 1.30 bits per heavy atom. The molecule has 0 aromatic rings. The normalized spacial score (nSPS) is 41.7. The molecule has 2 aliphatic heterocycles. The van der Waals surface area contributed by atoms with E-state index in [9.17, 15) is 9.46 Å². The van der Waals surface area contributed by atoms with Crippen LogP contribution < -0.4 is 4.89 Å². The van der Waals surface area contributed by atoms with Crippen LogP contribution in [0.1, 0.15) is 13.8 Å². The Bertz CT molecular complexity index is 506. The smallest absolute Gasteiger partial charge is 0.268 e. The Hall–Kier alpha value is -0.130. The van der Waals surface area contributed by atoms with Crippen LogP contribution in [-0.2, 0) is 42.0 Å². The highest BCUT2D eigenvalue weighted by atomic mass is 31.2. The topological polar surface area (TPSA) is 114 Å². The fourth-order valence-corrected chi connectivity index (χ4v) is 4.60. The van der Waals surface area contributed by atoms with E-state index in [1.54, 1.807) is 14.0 Å². The summed E-state index contributed by atoms with van der Waals surface area (Å²) in [5.74, 6) is 0. The lowest BCUT2D eigenvalue weighted by Gasteiger charge is -2.31. The van der Waals surface area contributed by atoms with Crippen molar-refractivity contribution in [1.82, 2.24) is 0 Å². The summed E-state index contributed by atoms with van der Waals surface area (Å²) >= 11 is 0. The molecule has 0 spiro atoms. The van der Waals surface area contributed by atoms with Crippen LogP contribution in [0.2, 0.25) is 0 Å². The number of hydrogen-bond acceptors (Lipinski definition) is 10. The van der Waals surface area contributed by atoms with Gasteiger partial charge in [-0.1, -0.05) is 0 Å². The van der Waals surface area contributed by atoms with E-state index >= 15 is 0 Å². The monoisotopic (exact) mass is 413 g/mol. The minimum Gasteiger partial charge on any atom is -0.756 e. The number of rotatable bonds is 10. The second kappa shape index (κ2) is 10.1. The molecule has 2 fully saturated rings. The van der Waals surface area contributed by atoms with Gasteiger partial charge in [-0.3, -0.25) is 4.57 Å². The zero-order chi connectivity index (χ0) is 20.2. The number of hydrogen-bond donors (Lipinski definition) is 0. The molecule has 2 saturated heterocycles. The summed E-state index contributed by atoms with van der Waals surface area (Å²) in [4.78, 5) is 12.4. The van der Waals surface area contributed by atoms with E-state index in [-0.39, 0.29) is 31.5 Å². The summed E-state index contributed by atoms with van der Waals surface area (Å²) in [5.41, 5.74) is 0. The van der Waals surface area contributed by atoms with Crippen molar-refractivity contribution >= 4 is 7.82 Å². The van der Waals surface area contributed by atoms with Crippen LogP contribution in [-0.4, -0.2) is 90.5 Å². The van der Waals surface area contributed by atoms with Gasteiger partial charge in [0.25, 0.3) is 7.82 Å². The highest BCUT2D eigenvalue weighted by molar-refractivity contribution is 7.45. The molecule has 160 valence electrons. The summed E-state index contributed by atoms with van der Waals surface area (Å²) < 4.78 is 55.2. The van der Waals surface area contributed by atoms with Crippen LogP contribution in [0, 0.1) is 0 Å². The molecule has 0 N–H and O–H groups in total. The van der Waals surface area contributed by atoms with Gasteiger partial charge in [0, 0.05) is 28.4 Å². The fraction of sp³-hybridized carbons (Fsp3) is 1.00. The van der Waals surface area contributed by atoms with Crippen molar-refractivity contribution in [3.63, 3.8) is 0 Å². The van der Waals surface area contributed by atoms with E-state index in [0.717, 1.165) is 0 Å². The van der Waals surface area contributed by atoms with Crippen molar-refractivity contribution in [3.8, 4) is 0 Å². The molecule has 0 aromatic heterocycles. The van der Waals surface area contributed by atoms with Gasteiger partial charge in [-0.15, -0.1) is 0 Å². The van der Waals surface area contributed by atoms with Crippen LogP contribution in [0.3, 0.4) is 0 Å². The molecule has 2 heterocycles. The third kappa shape index (κ3) is 5.48. The summed E-state index contributed by atoms with van der Waals surface area (Å²) in [6, 6.07) is 0. The molecule has 0 radical (unpaired) electrons. The van der Waals surface area contributed by atoms with Gasteiger partial charge in [0.1, 0.15) is 36.6 Å². The molecule has 9 atom stereocenters. The Balaban J connectivity index is 1.98. The van der Waals surface area contributed by atoms with E-state index in [1.165, 1.54) is 21.3 Å². The first kappa shape index (κ1) is 23.2. The van der Waals surface area contributed by atoms with Crippen LogP contribution in [0.5, 0.6) is 0 Å². The molecule has 0 amide bonds. The van der Waals surface area contributed by atoms with Gasteiger partial charge in [-0.05, 0) is 13.8 Å². The molecule has 10 nitrogen and oxygen atoms in total. The summed E-state index contributed by atoms with van der Waals surface area (Å²) in [6.07, 6.45) is -4.00. The minimum atomic E-state index is -4.66. The quantitative estimate of drug-likeness (QED) is 0.458. The van der Waals surface area contributed by atoms with Crippen molar-refractivity contribution in [1.29, 1.82) is 0 Å². The van der Waals surface area contributed by atoms with E-state index in [0.29, 0.717) is 0 Å². The number of phosphoric acid groups is 1. The maximum Gasteiger partial charge on any atom is 0.268 e.